The molecule has 1 aromatic carbocycles. The summed E-state index contributed by atoms with van der Waals surface area (Å²) < 4.78 is 13.5. The first kappa shape index (κ1) is 15.4. The van der Waals surface area contributed by atoms with Gasteiger partial charge >= 0.3 is 5.97 Å². The van der Waals surface area contributed by atoms with E-state index in [1.165, 1.54) is 6.07 Å². The largest absolute Gasteiger partial charge is 0.480 e. The second kappa shape index (κ2) is 6.50. The zero-order valence-corrected chi connectivity index (χ0v) is 12.0. The van der Waals surface area contributed by atoms with E-state index in [1.807, 2.05) is 4.90 Å². The van der Waals surface area contributed by atoms with Gasteiger partial charge in [0.2, 0.25) is 0 Å². The topological polar surface area (TPSA) is 40.5 Å². The van der Waals surface area contributed by atoms with E-state index in [1.54, 1.807) is 12.1 Å². The fourth-order valence-electron chi connectivity index (χ4n) is 2.17. The smallest absolute Gasteiger partial charge is 0.320 e. The van der Waals surface area contributed by atoms with Crippen LogP contribution in [0.25, 0.3) is 0 Å². The number of carbonyl (C=O) groups is 1. The normalized spacial score (nSPS) is 19.6. The van der Waals surface area contributed by atoms with Gasteiger partial charge in [-0.05, 0) is 53.0 Å². The summed E-state index contributed by atoms with van der Waals surface area (Å²) in [5, 5.41) is 9.05. The Balaban J connectivity index is 0.00000162. The molecule has 1 aliphatic heterocycles. The first-order valence-electron chi connectivity index (χ1n) is 5.48. The molecule has 0 saturated carbocycles. The molecule has 0 bridgehead atoms. The maximum absolute atomic E-state index is 13.1. The highest BCUT2D eigenvalue weighted by Gasteiger charge is 2.30. The fraction of sp³-hybridized carbons (Fsp3) is 0.417. The molecular formula is C12H14BrClFNO2. The molecule has 1 heterocycles. The zero-order valence-electron chi connectivity index (χ0n) is 9.60. The Morgan fingerprint density at radius 1 is 1.56 bits per heavy atom. The molecule has 1 fully saturated rings. The minimum atomic E-state index is -0.774. The van der Waals surface area contributed by atoms with Crippen molar-refractivity contribution in [2.24, 2.45) is 0 Å². The summed E-state index contributed by atoms with van der Waals surface area (Å²) in [6.07, 6.45) is 1.59. The highest BCUT2D eigenvalue weighted by atomic mass is 79.9. The number of carboxylic acids is 1. The number of rotatable bonds is 3. The molecule has 3 nitrogen and oxygen atoms in total. The second-order valence-electron chi connectivity index (χ2n) is 4.22. The number of carboxylic acid groups (broad SMARTS) is 1. The Bertz CT molecular complexity index is 444. The van der Waals surface area contributed by atoms with Crippen molar-refractivity contribution in [1.29, 1.82) is 0 Å². The van der Waals surface area contributed by atoms with Gasteiger partial charge in [-0.25, -0.2) is 4.39 Å². The Hall–Kier alpha value is -0.650. The molecule has 0 amide bonds. The van der Waals surface area contributed by atoms with Gasteiger partial charge in [0.15, 0.2) is 0 Å². The number of hydrogen-bond acceptors (Lipinski definition) is 2. The molecule has 1 aromatic rings. The minimum Gasteiger partial charge on any atom is -0.480 e. The molecular weight excluding hydrogens is 324 g/mol. The van der Waals surface area contributed by atoms with Gasteiger partial charge in [0.05, 0.1) is 4.47 Å². The molecule has 1 N–H and O–H groups in total. The molecule has 18 heavy (non-hydrogen) atoms. The zero-order chi connectivity index (χ0) is 12.4. The third kappa shape index (κ3) is 3.43. The van der Waals surface area contributed by atoms with E-state index in [-0.39, 0.29) is 18.2 Å². The lowest BCUT2D eigenvalue weighted by Gasteiger charge is -2.21. The van der Waals surface area contributed by atoms with E-state index in [0.717, 1.165) is 18.5 Å². The molecule has 0 spiro atoms. The van der Waals surface area contributed by atoms with Crippen LogP contribution >= 0.6 is 28.3 Å². The lowest BCUT2D eigenvalue weighted by Crippen LogP contribution is -2.35. The van der Waals surface area contributed by atoms with Crippen LogP contribution < -0.4 is 0 Å². The number of nitrogens with zero attached hydrogens (tertiary/aromatic N) is 1. The lowest BCUT2D eigenvalue weighted by molar-refractivity contribution is -0.142. The molecule has 1 aliphatic rings. The van der Waals surface area contributed by atoms with Gasteiger partial charge < -0.3 is 5.11 Å². The summed E-state index contributed by atoms with van der Waals surface area (Å²) >= 11 is 3.13. The predicted octanol–water partition coefficient (Wildman–Crippen LogP) is 3.06. The number of halogens is 3. The van der Waals surface area contributed by atoms with Crippen molar-refractivity contribution < 1.29 is 14.3 Å². The molecule has 0 aliphatic carbocycles. The van der Waals surface area contributed by atoms with Gasteiger partial charge in [-0.15, -0.1) is 12.4 Å². The average Bonchev–Trinajstić information content (AvgIpc) is 2.72. The summed E-state index contributed by atoms with van der Waals surface area (Å²) in [6.45, 7) is 1.34. The van der Waals surface area contributed by atoms with Crippen LogP contribution in [0.1, 0.15) is 18.4 Å². The molecule has 6 heteroatoms. The van der Waals surface area contributed by atoms with Crippen LogP contribution in [0.3, 0.4) is 0 Å². The van der Waals surface area contributed by atoms with Crippen molar-refractivity contribution in [3.63, 3.8) is 0 Å². The number of aliphatic carboxylic acids is 1. The summed E-state index contributed by atoms with van der Waals surface area (Å²) in [4.78, 5) is 12.9. The molecule has 0 aromatic heterocycles. The van der Waals surface area contributed by atoms with Gasteiger partial charge in [0.25, 0.3) is 0 Å². The third-order valence-electron chi connectivity index (χ3n) is 3.02. The summed E-state index contributed by atoms with van der Waals surface area (Å²) in [5.41, 5.74) is 0.923. The Morgan fingerprint density at radius 2 is 2.28 bits per heavy atom. The Kier molecular flexibility index (Phi) is 5.56. The van der Waals surface area contributed by atoms with Crippen LogP contribution in [0.2, 0.25) is 0 Å². The maximum atomic E-state index is 13.1. The highest BCUT2D eigenvalue weighted by Crippen LogP contribution is 2.22. The first-order chi connectivity index (χ1) is 8.08. The van der Waals surface area contributed by atoms with Gasteiger partial charge in [0.1, 0.15) is 11.9 Å². The minimum absolute atomic E-state index is 0. The molecule has 0 radical (unpaired) electrons. The average molecular weight is 339 g/mol. The summed E-state index contributed by atoms with van der Waals surface area (Å²) in [7, 11) is 0. The molecule has 1 atom stereocenters. The standard InChI is InChI=1S/C12H13BrFNO2.ClH/c13-9-6-8(3-4-10(9)14)7-15-5-1-2-11(15)12(16)17;/h3-4,6,11H,1-2,5,7H2,(H,16,17);1H. The second-order valence-corrected chi connectivity index (χ2v) is 5.07. The van der Waals surface area contributed by atoms with Crippen molar-refractivity contribution in [3.8, 4) is 0 Å². The van der Waals surface area contributed by atoms with Crippen LogP contribution in [0, 0.1) is 5.82 Å². The Morgan fingerprint density at radius 3 is 2.89 bits per heavy atom. The van der Waals surface area contributed by atoms with E-state index in [9.17, 15) is 9.18 Å². The van der Waals surface area contributed by atoms with Gasteiger partial charge in [-0.3, -0.25) is 9.69 Å². The summed E-state index contributed by atoms with van der Waals surface area (Å²) in [6, 6.07) is 4.38. The van der Waals surface area contributed by atoms with E-state index >= 15 is 0 Å². The van der Waals surface area contributed by atoms with Crippen molar-refractivity contribution in [2.45, 2.75) is 25.4 Å². The summed E-state index contributed by atoms with van der Waals surface area (Å²) in [5.74, 6) is -1.08. The first-order valence-corrected chi connectivity index (χ1v) is 6.28. The molecule has 100 valence electrons. The van der Waals surface area contributed by atoms with E-state index in [0.29, 0.717) is 17.4 Å². The van der Waals surface area contributed by atoms with Crippen LogP contribution in [0.15, 0.2) is 22.7 Å². The fourth-order valence-corrected chi connectivity index (χ4v) is 2.59. The van der Waals surface area contributed by atoms with E-state index < -0.39 is 12.0 Å². The quantitative estimate of drug-likeness (QED) is 0.921. The van der Waals surface area contributed by atoms with Crippen molar-refractivity contribution in [3.05, 3.63) is 34.1 Å². The van der Waals surface area contributed by atoms with Crippen molar-refractivity contribution >= 4 is 34.3 Å². The van der Waals surface area contributed by atoms with Crippen LogP contribution in [0.5, 0.6) is 0 Å². The predicted molar refractivity (Wildman–Crippen MR) is 72.4 cm³/mol. The number of hydrogen-bond donors (Lipinski definition) is 1. The van der Waals surface area contributed by atoms with Crippen molar-refractivity contribution in [2.75, 3.05) is 6.54 Å². The monoisotopic (exact) mass is 337 g/mol. The van der Waals surface area contributed by atoms with Crippen molar-refractivity contribution in [1.82, 2.24) is 4.90 Å². The van der Waals surface area contributed by atoms with E-state index in [4.69, 9.17) is 5.11 Å². The van der Waals surface area contributed by atoms with Crippen LogP contribution in [0.4, 0.5) is 4.39 Å². The van der Waals surface area contributed by atoms with Gasteiger partial charge in [0, 0.05) is 6.54 Å². The molecule has 1 unspecified atom stereocenters. The van der Waals surface area contributed by atoms with E-state index in [2.05, 4.69) is 15.9 Å². The van der Waals surface area contributed by atoms with Gasteiger partial charge in [-0.2, -0.15) is 0 Å². The SMILES string of the molecule is Cl.O=C(O)C1CCCN1Cc1ccc(F)c(Br)c1. The highest BCUT2D eigenvalue weighted by molar-refractivity contribution is 9.10. The molecule has 2 rings (SSSR count). The number of likely N-dealkylation sites (tertiary alicyclic amines) is 1. The molecule has 1 saturated heterocycles. The maximum Gasteiger partial charge on any atom is 0.320 e. The van der Waals surface area contributed by atoms with Gasteiger partial charge in [-0.1, -0.05) is 6.07 Å². The van der Waals surface area contributed by atoms with Crippen LogP contribution in [-0.4, -0.2) is 28.6 Å². The van der Waals surface area contributed by atoms with Crippen LogP contribution in [-0.2, 0) is 11.3 Å². The lowest BCUT2D eigenvalue weighted by atomic mass is 10.2. The Labute approximate surface area is 120 Å². The number of benzene rings is 1. The third-order valence-corrected chi connectivity index (χ3v) is 3.63.